The van der Waals surface area contributed by atoms with E-state index in [2.05, 4.69) is 0 Å². The molecule has 0 spiro atoms. The number of Topliss-reactive ketones (excluding diaryl/α,β-unsaturated/α-hetero) is 1. The van der Waals surface area contributed by atoms with E-state index in [-0.39, 0.29) is 17.4 Å². The minimum absolute atomic E-state index is 0.0269. The fourth-order valence-corrected chi connectivity index (χ4v) is 4.02. The molecule has 2 fully saturated rings. The quantitative estimate of drug-likeness (QED) is 0.520. The van der Waals surface area contributed by atoms with Crippen molar-refractivity contribution in [3.05, 3.63) is 33.9 Å². The summed E-state index contributed by atoms with van der Waals surface area (Å²) in [6.45, 7) is 2.23. The van der Waals surface area contributed by atoms with Crippen LogP contribution >= 0.6 is 0 Å². The third-order valence-electron chi connectivity index (χ3n) is 5.21. The first-order chi connectivity index (χ1) is 10.8. The Hall–Kier alpha value is -2.44. The molecule has 1 aliphatic heterocycles. The zero-order chi connectivity index (χ0) is 16.8. The number of benzene rings is 1. The molecule has 1 saturated heterocycles. The number of aliphatic carboxylic acids is 1. The molecule has 1 aliphatic carbocycles. The Labute approximate surface area is 133 Å². The van der Waals surface area contributed by atoms with Gasteiger partial charge in [0.15, 0.2) is 5.78 Å². The van der Waals surface area contributed by atoms with E-state index in [0.717, 1.165) is 12.8 Å². The molecule has 1 N–H and O–H groups in total. The number of anilines is 1. The second-order valence-corrected chi connectivity index (χ2v) is 6.45. The van der Waals surface area contributed by atoms with Crippen molar-refractivity contribution in [3.63, 3.8) is 0 Å². The molecule has 0 unspecified atom stereocenters. The molecule has 0 amide bonds. The van der Waals surface area contributed by atoms with E-state index in [0.29, 0.717) is 30.8 Å². The van der Waals surface area contributed by atoms with Crippen molar-refractivity contribution in [1.29, 1.82) is 0 Å². The molecular formula is C16H18N2O5. The lowest BCUT2D eigenvalue weighted by Gasteiger charge is -2.25. The number of non-ortho nitro benzene ring substituents is 1. The summed E-state index contributed by atoms with van der Waals surface area (Å²) in [5, 5.41) is 20.7. The first-order valence-electron chi connectivity index (χ1n) is 7.63. The number of carboxylic acids is 1. The average molecular weight is 318 g/mol. The molecular weight excluding hydrogens is 300 g/mol. The highest BCUT2D eigenvalue weighted by Crippen LogP contribution is 2.50. The van der Waals surface area contributed by atoms with Gasteiger partial charge in [0.2, 0.25) is 0 Å². The molecule has 7 heteroatoms. The number of carbonyl (C=O) groups excluding carboxylic acids is 1. The summed E-state index contributed by atoms with van der Waals surface area (Å²) in [5.41, 5.74) is -0.0112. The van der Waals surface area contributed by atoms with Gasteiger partial charge in [0.25, 0.3) is 5.69 Å². The van der Waals surface area contributed by atoms with Crippen molar-refractivity contribution in [2.75, 3.05) is 18.0 Å². The Balaban J connectivity index is 2.02. The van der Waals surface area contributed by atoms with Gasteiger partial charge in [-0.25, -0.2) is 0 Å². The summed E-state index contributed by atoms with van der Waals surface area (Å²) in [6, 6.07) is 4.15. The van der Waals surface area contributed by atoms with Crippen LogP contribution in [-0.4, -0.2) is 34.9 Å². The van der Waals surface area contributed by atoms with Crippen LogP contribution < -0.4 is 4.90 Å². The second kappa shape index (κ2) is 5.33. The molecule has 2 atom stereocenters. The molecule has 3 rings (SSSR count). The highest BCUT2D eigenvalue weighted by Gasteiger charge is 2.55. The maximum Gasteiger partial charge on any atom is 0.311 e. The summed E-state index contributed by atoms with van der Waals surface area (Å²) in [7, 11) is 0. The standard InChI is InChI=1S/C16H18N2O5/c1-10(19)13-5-4-12(18(22)23)7-14(13)17-8-11-3-2-6-16(11,9-17)15(20)21/h4-5,7,11H,2-3,6,8-9H2,1H3,(H,20,21)/t11-,16+/m0/s1. The summed E-state index contributed by atoms with van der Waals surface area (Å²) in [5.74, 6) is -0.965. The van der Waals surface area contributed by atoms with Crippen molar-refractivity contribution in [2.24, 2.45) is 11.3 Å². The van der Waals surface area contributed by atoms with E-state index in [4.69, 9.17) is 0 Å². The van der Waals surface area contributed by atoms with Crippen molar-refractivity contribution < 1.29 is 19.6 Å². The van der Waals surface area contributed by atoms with Crippen LogP contribution in [0.2, 0.25) is 0 Å². The number of carboxylic acid groups (broad SMARTS) is 1. The third-order valence-corrected chi connectivity index (χ3v) is 5.21. The fourth-order valence-electron chi connectivity index (χ4n) is 4.02. The van der Waals surface area contributed by atoms with Crippen LogP contribution in [0.5, 0.6) is 0 Å². The lowest BCUT2D eigenvalue weighted by atomic mass is 9.81. The fraction of sp³-hybridized carbons (Fsp3) is 0.500. The van der Waals surface area contributed by atoms with Gasteiger partial charge in [-0.05, 0) is 31.7 Å². The van der Waals surface area contributed by atoms with E-state index >= 15 is 0 Å². The summed E-state index contributed by atoms with van der Waals surface area (Å²) < 4.78 is 0. The predicted octanol–water partition coefficient (Wildman–Crippen LogP) is 2.49. The van der Waals surface area contributed by atoms with Gasteiger partial charge in [-0.2, -0.15) is 0 Å². The minimum atomic E-state index is -0.808. The first kappa shape index (κ1) is 15.5. The SMILES string of the molecule is CC(=O)c1ccc([N+](=O)[O-])cc1N1C[C@@H]2CCC[C@@]2(C(=O)O)C1. The number of carbonyl (C=O) groups is 2. The number of hydrogen-bond donors (Lipinski definition) is 1. The Bertz CT molecular complexity index is 702. The Morgan fingerprint density at radius 1 is 1.43 bits per heavy atom. The largest absolute Gasteiger partial charge is 0.481 e. The van der Waals surface area contributed by atoms with Gasteiger partial charge in [0.05, 0.1) is 16.0 Å². The maximum atomic E-state index is 11.9. The number of nitro groups is 1. The van der Waals surface area contributed by atoms with Crippen LogP contribution in [0.1, 0.15) is 36.5 Å². The highest BCUT2D eigenvalue weighted by molar-refractivity contribution is 6.00. The van der Waals surface area contributed by atoms with Crippen LogP contribution in [0.3, 0.4) is 0 Å². The molecule has 122 valence electrons. The Morgan fingerprint density at radius 2 is 2.17 bits per heavy atom. The van der Waals surface area contributed by atoms with E-state index in [1.54, 1.807) is 0 Å². The van der Waals surface area contributed by atoms with Gasteiger partial charge < -0.3 is 10.0 Å². The zero-order valence-electron chi connectivity index (χ0n) is 12.8. The lowest BCUT2D eigenvalue weighted by molar-refractivity contribution is -0.384. The van der Waals surface area contributed by atoms with Crippen molar-refractivity contribution in [3.8, 4) is 0 Å². The number of nitrogens with zero attached hydrogens (tertiary/aromatic N) is 2. The number of nitro benzene ring substituents is 1. The first-order valence-corrected chi connectivity index (χ1v) is 7.63. The van der Waals surface area contributed by atoms with E-state index in [1.807, 2.05) is 4.90 Å². The number of fused-ring (bicyclic) bond motifs is 1. The van der Waals surface area contributed by atoms with Gasteiger partial charge in [-0.3, -0.25) is 19.7 Å². The molecule has 1 aromatic rings. The van der Waals surface area contributed by atoms with Crippen LogP contribution in [0.25, 0.3) is 0 Å². The lowest BCUT2D eigenvalue weighted by Crippen LogP contribution is -2.35. The summed E-state index contributed by atoms with van der Waals surface area (Å²) in [4.78, 5) is 36.0. The maximum absolute atomic E-state index is 11.9. The van der Waals surface area contributed by atoms with Gasteiger partial charge in [0.1, 0.15) is 0 Å². The molecule has 0 aromatic heterocycles. The van der Waals surface area contributed by atoms with Gasteiger partial charge in [-0.15, -0.1) is 0 Å². The van der Waals surface area contributed by atoms with E-state index in [1.165, 1.54) is 25.1 Å². The summed E-state index contributed by atoms with van der Waals surface area (Å²) in [6.07, 6.45) is 2.35. The van der Waals surface area contributed by atoms with Crippen LogP contribution in [0, 0.1) is 21.4 Å². The number of rotatable bonds is 4. The minimum Gasteiger partial charge on any atom is -0.481 e. The molecule has 0 radical (unpaired) electrons. The monoisotopic (exact) mass is 318 g/mol. The van der Waals surface area contributed by atoms with Crippen molar-refractivity contribution in [2.45, 2.75) is 26.2 Å². The highest BCUT2D eigenvalue weighted by atomic mass is 16.6. The smallest absolute Gasteiger partial charge is 0.311 e. The topological polar surface area (TPSA) is 101 Å². The van der Waals surface area contributed by atoms with Gasteiger partial charge >= 0.3 is 5.97 Å². The molecule has 23 heavy (non-hydrogen) atoms. The molecule has 7 nitrogen and oxygen atoms in total. The molecule has 0 bridgehead atoms. The average Bonchev–Trinajstić information content (AvgIpc) is 3.04. The Kier molecular flexibility index (Phi) is 3.58. The van der Waals surface area contributed by atoms with Crippen LogP contribution in [-0.2, 0) is 4.79 Å². The third kappa shape index (κ3) is 2.36. The number of hydrogen-bond acceptors (Lipinski definition) is 5. The molecule has 2 aliphatic rings. The van der Waals surface area contributed by atoms with E-state index < -0.39 is 16.3 Å². The molecule has 1 heterocycles. The second-order valence-electron chi connectivity index (χ2n) is 6.45. The van der Waals surface area contributed by atoms with E-state index in [9.17, 15) is 24.8 Å². The number of ketones is 1. The molecule has 1 saturated carbocycles. The van der Waals surface area contributed by atoms with Gasteiger partial charge in [0, 0.05) is 30.8 Å². The normalized spacial score (nSPS) is 26.1. The van der Waals surface area contributed by atoms with Crippen molar-refractivity contribution >= 4 is 23.1 Å². The van der Waals surface area contributed by atoms with Gasteiger partial charge in [-0.1, -0.05) is 6.42 Å². The molecule has 1 aromatic carbocycles. The van der Waals surface area contributed by atoms with Crippen molar-refractivity contribution in [1.82, 2.24) is 0 Å². The Morgan fingerprint density at radius 3 is 2.74 bits per heavy atom. The predicted molar refractivity (Wildman–Crippen MR) is 82.7 cm³/mol. The van der Waals surface area contributed by atoms with Crippen LogP contribution in [0.15, 0.2) is 18.2 Å². The zero-order valence-corrected chi connectivity index (χ0v) is 12.8. The summed E-state index contributed by atoms with van der Waals surface area (Å²) >= 11 is 0. The van der Waals surface area contributed by atoms with Crippen LogP contribution in [0.4, 0.5) is 11.4 Å².